The Balaban J connectivity index is 1.91. The number of sulfonamides is 1. The molecule has 0 aliphatic rings. The van der Waals surface area contributed by atoms with Crippen molar-refractivity contribution < 1.29 is 13.2 Å². The van der Waals surface area contributed by atoms with E-state index in [1.807, 2.05) is 21.0 Å². The van der Waals surface area contributed by atoms with Crippen molar-refractivity contribution in [1.29, 1.82) is 0 Å². The van der Waals surface area contributed by atoms with Gasteiger partial charge in [-0.05, 0) is 88.8 Å². The molecule has 190 valence electrons. The SMILES string of the molecule is CCCCN(C)S(=O)(=O)c1ccc(C(=O)N(CCCN(C)C)c2nc3c(C)c(C)ccc3s2)cc1. The van der Waals surface area contributed by atoms with Gasteiger partial charge in [-0.25, -0.2) is 17.7 Å². The number of aryl methyl sites for hydroxylation is 2. The molecule has 2 aromatic carbocycles. The maximum atomic E-state index is 13.6. The lowest BCUT2D eigenvalue weighted by molar-refractivity contribution is 0.0986. The molecule has 3 aromatic rings. The summed E-state index contributed by atoms with van der Waals surface area (Å²) < 4.78 is 28.1. The van der Waals surface area contributed by atoms with E-state index in [0.717, 1.165) is 41.6 Å². The summed E-state index contributed by atoms with van der Waals surface area (Å²) in [6, 6.07) is 10.4. The van der Waals surface area contributed by atoms with Crippen molar-refractivity contribution in [2.45, 2.75) is 44.9 Å². The fourth-order valence-corrected chi connectivity index (χ4v) is 6.02. The molecule has 9 heteroatoms. The number of nitrogens with zero attached hydrogens (tertiary/aromatic N) is 4. The van der Waals surface area contributed by atoms with Crippen molar-refractivity contribution >= 4 is 42.6 Å². The fourth-order valence-electron chi connectivity index (χ4n) is 3.77. The summed E-state index contributed by atoms with van der Waals surface area (Å²) in [5.74, 6) is -0.180. The van der Waals surface area contributed by atoms with Crippen LogP contribution in [0.3, 0.4) is 0 Å². The summed E-state index contributed by atoms with van der Waals surface area (Å²) in [4.78, 5) is 22.4. The van der Waals surface area contributed by atoms with Crippen LogP contribution in [0.15, 0.2) is 41.3 Å². The van der Waals surface area contributed by atoms with Gasteiger partial charge in [0.2, 0.25) is 10.0 Å². The molecule has 0 aliphatic heterocycles. The molecule has 1 amide bonds. The Morgan fingerprint density at radius 3 is 2.26 bits per heavy atom. The van der Waals surface area contributed by atoms with E-state index in [2.05, 4.69) is 30.9 Å². The lowest BCUT2D eigenvalue weighted by Gasteiger charge is -2.21. The predicted octanol–water partition coefficient (Wildman–Crippen LogP) is 4.93. The number of amides is 1. The third-order valence-electron chi connectivity index (χ3n) is 6.17. The predicted molar refractivity (Wildman–Crippen MR) is 145 cm³/mol. The summed E-state index contributed by atoms with van der Waals surface area (Å²) in [5, 5.41) is 0.661. The first-order chi connectivity index (χ1) is 16.6. The Labute approximate surface area is 213 Å². The molecule has 0 radical (unpaired) electrons. The molecule has 0 saturated heterocycles. The minimum atomic E-state index is -3.58. The average molecular weight is 517 g/mol. The van der Waals surface area contributed by atoms with Crippen molar-refractivity contribution in [3.63, 3.8) is 0 Å². The number of hydrogen-bond donors (Lipinski definition) is 0. The van der Waals surface area contributed by atoms with E-state index < -0.39 is 10.0 Å². The molecule has 1 aromatic heterocycles. The smallest absolute Gasteiger partial charge is 0.260 e. The number of anilines is 1. The minimum absolute atomic E-state index is 0.180. The highest BCUT2D eigenvalue weighted by molar-refractivity contribution is 7.89. The van der Waals surface area contributed by atoms with Crippen molar-refractivity contribution in [3.05, 3.63) is 53.1 Å². The Morgan fingerprint density at radius 2 is 1.63 bits per heavy atom. The van der Waals surface area contributed by atoms with Crippen LogP contribution < -0.4 is 4.90 Å². The number of fused-ring (bicyclic) bond motifs is 1. The van der Waals surface area contributed by atoms with E-state index >= 15 is 0 Å². The number of carbonyl (C=O) groups excluding carboxylic acids is 1. The lowest BCUT2D eigenvalue weighted by atomic mass is 10.1. The van der Waals surface area contributed by atoms with Gasteiger partial charge in [0, 0.05) is 25.7 Å². The van der Waals surface area contributed by atoms with E-state index in [9.17, 15) is 13.2 Å². The zero-order valence-corrected chi connectivity index (χ0v) is 23.2. The maximum absolute atomic E-state index is 13.6. The molecule has 0 bridgehead atoms. The van der Waals surface area contributed by atoms with Gasteiger partial charge in [-0.15, -0.1) is 0 Å². The molecular weight excluding hydrogens is 480 g/mol. The van der Waals surface area contributed by atoms with Gasteiger partial charge in [-0.2, -0.15) is 0 Å². The van der Waals surface area contributed by atoms with Crippen molar-refractivity contribution in [2.24, 2.45) is 0 Å². The van der Waals surface area contributed by atoms with Gasteiger partial charge in [0.05, 0.1) is 15.1 Å². The molecule has 0 saturated carbocycles. The Bertz CT molecular complexity index is 1270. The number of thiazole rings is 1. The quantitative estimate of drug-likeness (QED) is 0.361. The van der Waals surface area contributed by atoms with Crippen LogP contribution in [-0.4, -0.2) is 69.3 Å². The van der Waals surface area contributed by atoms with Crippen LogP contribution in [0.5, 0.6) is 0 Å². The highest BCUT2D eigenvalue weighted by atomic mass is 32.2. The number of rotatable bonds is 11. The number of benzene rings is 2. The second-order valence-corrected chi connectivity index (χ2v) is 12.2. The van der Waals surface area contributed by atoms with Crippen LogP contribution in [0.4, 0.5) is 5.13 Å². The van der Waals surface area contributed by atoms with Gasteiger partial charge >= 0.3 is 0 Å². The third-order valence-corrected chi connectivity index (χ3v) is 9.09. The number of aromatic nitrogens is 1. The molecule has 0 aliphatic carbocycles. The molecule has 35 heavy (non-hydrogen) atoms. The molecule has 0 atom stereocenters. The molecule has 0 unspecified atom stereocenters. The highest BCUT2D eigenvalue weighted by Crippen LogP contribution is 2.33. The molecule has 0 fully saturated rings. The monoisotopic (exact) mass is 516 g/mol. The van der Waals surface area contributed by atoms with Crippen LogP contribution in [-0.2, 0) is 10.0 Å². The first kappa shape index (κ1) is 27.3. The maximum Gasteiger partial charge on any atom is 0.260 e. The first-order valence-electron chi connectivity index (χ1n) is 12.0. The molecule has 0 spiro atoms. The lowest BCUT2D eigenvalue weighted by Crippen LogP contribution is -2.33. The summed E-state index contributed by atoms with van der Waals surface area (Å²) in [5.41, 5.74) is 3.65. The number of unbranched alkanes of at least 4 members (excludes halogenated alkanes) is 1. The van der Waals surface area contributed by atoms with Gasteiger partial charge in [-0.3, -0.25) is 9.69 Å². The summed E-state index contributed by atoms with van der Waals surface area (Å²) in [7, 11) is 2.02. The number of carbonyl (C=O) groups is 1. The molecule has 7 nitrogen and oxygen atoms in total. The van der Waals surface area contributed by atoms with Crippen LogP contribution in [0.1, 0.15) is 47.7 Å². The molecule has 1 heterocycles. The standard InChI is InChI=1S/C26H36N4O3S2/c1-7-8-17-29(6)35(32,33)22-13-11-21(12-14-22)25(31)30(18-9-16-28(4)5)26-27-24-20(3)19(2)10-15-23(24)34-26/h10-15H,7-9,16-18H2,1-6H3. The largest absolute Gasteiger partial charge is 0.309 e. The Hall–Kier alpha value is -2.33. The molecule has 0 N–H and O–H groups in total. The van der Waals surface area contributed by atoms with Crippen LogP contribution in [0.2, 0.25) is 0 Å². The first-order valence-corrected chi connectivity index (χ1v) is 14.2. The van der Waals surface area contributed by atoms with Crippen molar-refractivity contribution in [2.75, 3.05) is 45.7 Å². The van der Waals surface area contributed by atoms with Gasteiger partial charge in [0.25, 0.3) is 5.91 Å². The average Bonchev–Trinajstić information content (AvgIpc) is 3.26. The van der Waals surface area contributed by atoms with Gasteiger partial charge in [0.1, 0.15) is 0 Å². The topological polar surface area (TPSA) is 73.8 Å². The fraction of sp³-hybridized carbons (Fsp3) is 0.462. The number of hydrogen-bond acceptors (Lipinski definition) is 6. The van der Waals surface area contributed by atoms with Gasteiger partial charge in [-0.1, -0.05) is 30.7 Å². The zero-order chi connectivity index (χ0) is 25.8. The van der Waals surface area contributed by atoms with Crippen LogP contribution in [0, 0.1) is 13.8 Å². The van der Waals surface area contributed by atoms with Gasteiger partial charge < -0.3 is 4.90 Å². The highest BCUT2D eigenvalue weighted by Gasteiger charge is 2.24. The minimum Gasteiger partial charge on any atom is -0.309 e. The Kier molecular flexibility index (Phi) is 9.04. The van der Waals surface area contributed by atoms with Crippen molar-refractivity contribution in [1.82, 2.24) is 14.2 Å². The zero-order valence-electron chi connectivity index (χ0n) is 21.5. The van der Waals surface area contributed by atoms with E-state index in [4.69, 9.17) is 4.98 Å². The summed E-state index contributed by atoms with van der Waals surface area (Å²) in [6.07, 6.45) is 2.51. The van der Waals surface area contributed by atoms with E-state index in [-0.39, 0.29) is 10.8 Å². The normalized spacial score (nSPS) is 12.1. The van der Waals surface area contributed by atoms with E-state index in [1.165, 1.54) is 33.3 Å². The van der Waals surface area contributed by atoms with Crippen molar-refractivity contribution in [3.8, 4) is 0 Å². The molecule has 3 rings (SSSR count). The second-order valence-electron chi connectivity index (χ2n) is 9.17. The van der Waals surface area contributed by atoms with E-state index in [1.54, 1.807) is 24.1 Å². The summed E-state index contributed by atoms with van der Waals surface area (Å²) in [6.45, 7) is 7.97. The van der Waals surface area contributed by atoms with E-state index in [0.29, 0.717) is 23.8 Å². The molecular formula is C26H36N4O3S2. The third kappa shape index (κ3) is 6.27. The second kappa shape index (κ2) is 11.6. The Morgan fingerprint density at radius 1 is 0.943 bits per heavy atom. The van der Waals surface area contributed by atoms with Crippen LogP contribution in [0.25, 0.3) is 10.2 Å². The van der Waals surface area contributed by atoms with Crippen LogP contribution >= 0.6 is 11.3 Å². The van der Waals surface area contributed by atoms with Gasteiger partial charge in [0.15, 0.2) is 5.13 Å². The summed E-state index contributed by atoms with van der Waals surface area (Å²) >= 11 is 1.51.